The molecular formula is C12H11FO2. The number of carbonyl (C=O) groups excluding carboxylic acids is 1. The van der Waals surface area contributed by atoms with Gasteiger partial charge in [0.2, 0.25) is 0 Å². The zero-order valence-corrected chi connectivity index (χ0v) is 8.54. The van der Waals surface area contributed by atoms with E-state index in [2.05, 4.69) is 11.8 Å². The number of hydrogen-bond acceptors (Lipinski definition) is 2. The maximum atomic E-state index is 12.9. The zero-order chi connectivity index (χ0) is 11.5. The quantitative estimate of drug-likeness (QED) is 0.561. The van der Waals surface area contributed by atoms with Crippen LogP contribution >= 0.6 is 0 Å². The van der Waals surface area contributed by atoms with Crippen LogP contribution in [-0.2, 0) is 0 Å². The molecule has 0 aliphatic rings. The van der Waals surface area contributed by atoms with Gasteiger partial charge in [0, 0.05) is 5.56 Å². The molecule has 1 N–H and O–H groups in total. The lowest BCUT2D eigenvalue weighted by molar-refractivity contribution is 0.111. The van der Waals surface area contributed by atoms with E-state index in [9.17, 15) is 14.3 Å². The monoisotopic (exact) mass is 206 g/mol. The molecule has 0 saturated heterocycles. The Balaban J connectivity index is 3.06. The summed E-state index contributed by atoms with van der Waals surface area (Å²) < 4.78 is 12.9. The number of halogens is 1. The van der Waals surface area contributed by atoms with Crippen molar-refractivity contribution in [1.82, 2.24) is 0 Å². The van der Waals surface area contributed by atoms with E-state index in [1.807, 2.05) is 0 Å². The number of rotatable bonds is 1. The van der Waals surface area contributed by atoms with Crippen LogP contribution in [0.5, 0.6) is 0 Å². The summed E-state index contributed by atoms with van der Waals surface area (Å²) in [5.74, 6) is 4.67. The van der Waals surface area contributed by atoms with Crippen molar-refractivity contribution in [3.8, 4) is 11.8 Å². The molecule has 0 atom stereocenters. The van der Waals surface area contributed by atoms with Crippen molar-refractivity contribution in [2.24, 2.45) is 0 Å². The van der Waals surface area contributed by atoms with E-state index in [0.29, 0.717) is 11.8 Å². The minimum atomic E-state index is -1.10. The van der Waals surface area contributed by atoms with Gasteiger partial charge in [-0.05, 0) is 32.0 Å². The lowest BCUT2D eigenvalue weighted by atomic mass is 10.1. The van der Waals surface area contributed by atoms with Gasteiger partial charge in [-0.2, -0.15) is 0 Å². The maximum absolute atomic E-state index is 12.9. The van der Waals surface area contributed by atoms with E-state index in [1.54, 1.807) is 13.8 Å². The Labute approximate surface area is 87.7 Å². The summed E-state index contributed by atoms with van der Waals surface area (Å²) in [6.45, 7) is 3.09. The Kier molecular flexibility index (Phi) is 3.23. The summed E-state index contributed by atoms with van der Waals surface area (Å²) in [6, 6.07) is 3.99. The molecule has 15 heavy (non-hydrogen) atoms. The third-order valence-electron chi connectivity index (χ3n) is 1.64. The van der Waals surface area contributed by atoms with Crippen LogP contribution in [0.2, 0.25) is 0 Å². The summed E-state index contributed by atoms with van der Waals surface area (Å²) in [6.07, 6.45) is 0.435. The van der Waals surface area contributed by atoms with Crippen LogP contribution in [0, 0.1) is 17.7 Å². The summed E-state index contributed by atoms with van der Waals surface area (Å²) >= 11 is 0. The van der Waals surface area contributed by atoms with E-state index in [-0.39, 0.29) is 5.56 Å². The number of benzene rings is 1. The SMILES string of the molecule is CC(C)(O)C#Cc1ccc(F)c(C=O)c1. The Morgan fingerprint density at radius 2 is 2.13 bits per heavy atom. The smallest absolute Gasteiger partial charge is 0.153 e. The highest BCUT2D eigenvalue weighted by Crippen LogP contribution is 2.08. The highest BCUT2D eigenvalue weighted by molar-refractivity contribution is 5.76. The fourth-order valence-corrected chi connectivity index (χ4v) is 0.937. The minimum Gasteiger partial charge on any atom is -0.378 e. The van der Waals surface area contributed by atoms with E-state index in [0.717, 1.165) is 0 Å². The molecule has 3 heteroatoms. The second-order valence-electron chi connectivity index (χ2n) is 3.66. The Morgan fingerprint density at radius 1 is 1.47 bits per heavy atom. The molecule has 0 spiro atoms. The fourth-order valence-electron chi connectivity index (χ4n) is 0.937. The van der Waals surface area contributed by atoms with E-state index in [4.69, 9.17) is 0 Å². The lowest BCUT2D eigenvalue weighted by Crippen LogP contribution is -2.14. The normalized spacial score (nSPS) is 10.4. The summed E-state index contributed by atoms with van der Waals surface area (Å²) in [5.41, 5.74) is -0.631. The third-order valence-corrected chi connectivity index (χ3v) is 1.64. The molecule has 78 valence electrons. The Bertz CT molecular complexity index is 433. The summed E-state index contributed by atoms with van der Waals surface area (Å²) in [5, 5.41) is 9.34. The molecule has 1 aromatic rings. The summed E-state index contributed by atoms with van der Waals surface area (Å²) in [7, 11) is 0. The molecule has 1 aromatic carbocycles. The molecule has 0 aliphatic carbocycles. The number of aliphatic hydroxyl groups is 1. The molecule has 0 saturated carbocycles. The van der Waals surface area contributed by atoms with Crippen LogP contribution in [-0.4, -0.2) is 17.0 Å². The number of aldehydes is 1. The van der Waals surface area contributed by atoms with Gasteiger partial charge in [0.15, 0.2) is 6.29 Å². The predicted octanol–water partition coefficient (Wildman–Crippen LogP) is 1.76. The second kappa shape index (κ2) is 4.24. The highest BCUT2D eigenvalue weighted by Gasteiger charge is 2.06. The minimum absolute atomic E-state index is 0.0301. The van der Waals surface area contributed by atoms with Gasteiger partial charge >= 0.3 is 0 Å². The number of carbonyl (C=O) groups is 1. The largest absolute Gasteiger partial charge is 0.378 e. The second-order valence-corrected chi connectivity index (χ2v) is 3.66. The van der Waals surface area contributed by atoms with Gasteiger partial charge in [-0.3, -0.25) is 4.79 Å². The summed E-state index contributed by atoms with van der Waals surface area (Å²) in [4.78, 5) is 10.4. The number of hydrogen-bond donors (Lipinski definition) is 1. The van der Waals surface area contributed by atoms with Crippen molar-refractivity contribution in [3.63, 3.8) is 0 Å². The van der Waals surface area contributed by atoms with Gasteiger partial charge in [0.1, 0.15) is 11.4 Å². The first-order valence-electron chi connectivity index (χ1n) is 4.43. The fraction of sp³-hybridized carbons (Fsp3) is 0.250. The van der Waals surface area contributed by atoms with Crippen molar-refractivity contribution in [2.75, 3.05) is 0 Å². The molecule has 1 rings (SSSR count). The molecule has 0 unspecified atom stereocenters. The van der Waals surface area contributed by atoms with E-state index >= 15 is 0 Å². The van der Waals surface area contributed by atoms with Gasteiger partial charge in [0.25, 0.3) is 0 Å². The molecule has 0 radical (unpaired) electrons. The molecule has 0 aliphatic heterocycles. The maximum Gasteiger partial charge on any atom is 0.153 e. The van der Waals surface area contributed by atoms with Gasteiger partial charge in [-0.25, -0.2) is 4.39 Å². The van der Waals surface area contributed by atoms with Crippen LogP contribution in [0.25, 0.3) is 0 Å². The van der Waals surface area contributed by atoms with Crippen LogP contribution in [0.3, 0.4) is 0 Å². The van der Waals surface area contributed by atoms with Gasteiger partial charge in [-0.1, -0.05) is 11.8 Å². The van der Waals surface area contributed by atoms with Gasteiger partial charge < -0.3 is 5.11 Å². The van der Waals surface area contributed by atoms with Crippen LogP contribution < -0.4 is 0 Å². The molecule has 0 bridgehead atoms. The standard InChI is InChI=1S/C12H11FO2/c1-12(2,15)6-5-9-3-4-11(13)10(7-9)8-14/h3-4,7-8,15H,1-2H3. The first-order valence-corrected chi connectivity index (χ1v) is 4.43. The van der Waals surface area contributed by atoms with E-state index in [1.165, 1.54) is 18.2 Å². The molecule has 0 amide bonds. The topological polar surface area (TPSA) is 37.3 Å². The zero-order valence-electron chi connectivity index (χ0n) is 8.54. The first kappa shape index (κ1) is 11.4. The highest BCUT2D eigenvalue weighted by atomic mass is 19.1. The average Bonchev–Trinajstić information content (AvgIpc) is 2.15. The molecule has 0 fully saturated rings. The Hall–Kier alpha value is -1.66. The van der Waals surface area contributed by atoms with E-state index < -0.39 is 11.4 Å². The van der Waals surface area contributed by atoms with Crippen molar-refractivity contribution in [2.45, 2.75) is 19.4 Å². The average molecular weight is 206 g/mol. The van der Waals surface area contributed by atoms with Crippen molar-refractivity contribution < 1.29 is 14.3 Å². The molecule has 0 aromatic heterocycles. The lowest BCUT2D eigenvalue weighted by Gasteiger charge is -2.05. The van der Waals surface area contributed by atoms with Crippen LogP contribution in [0.15, 0.2) is 18.2 Å². The van der Waals surface area contributed by atoms with Gasteiger partial charge in [-0.15, -0.1) is 0 Å². The predicted molar refractivity (Wildman–Crippen MR) is 55.0 cm³/mol. The van der Waals surface area contributed by atoms with Crippen LogP contribution in [0.1, 0.15) is 29.8 Å². The van der Waals surface area contributed by atoms with Gasteiger partial charge in [0.05, 0.1) is 5.56 Å². The Morgan fingerprint density at radius 3 is 2.67 bits per heavy atom. The molecule has 0 heterocycles. The molecular weight excluding hydrogens is 195 g/mol. The molecule has 2 nitrogen and oxygen atoms in total. The van der Waals surface area contributed by atoms with Crippen molar-refractivity contribution in [1.29, 1.82) is 0 Å². The first-order chi connectivity index (χ1) is 6.92. The third kappa shape index (κ3) is 3.53. The van der Waals surface area contributed by atoms with Crippen molar-refractivity contribution >= 4 is 6.29 Å². The van der Waals surface area contributed by atoms with Crippen molar-refractivity contribution in [3.05, 3.63) is 35.1 Å². The van der Waals surface area contributed by atoms with Crippen LogP contribution in [0.4, 0.5) is 4.39 Å².